The number of amides is 1. The number of aryl methyl sites for hydroxylation is 1. The Bertz CT molecular complexity index is 713. The predicted octanol–water partition coefficient (Wildman–Crippen LogP) is 2.25. The van der Waals surface area contributed by atoms with Crippen molar-refractivity contribution in [2.24, 2.45) is 12.0 Å². The average Bonchev–Trinajstić information content (AvgIpc) is 2.95. The number of benzene rings is 1. The van der Waals surface area contributed by atoms with E-state index >= 15 is 0 Å². The van der Waals surface area contributed by atoms with E-state index in [0.29, 0.717) is 13.1 Å². The summed E-state index contributed by atoms with van der Waals surface area (Å²) in [5, 5.41) is 13.4. The fraction of sp³-hybridized carbons (Fsp3) is 0.353. The first-order valence-corrected chi connectivity index (χ1v) is 7.94. The second kappa shape index (κ2) is 10.7. The molecule has 0 radical (unpaired) electrons. The topological polar surface area (TPSA) is 83.3 Å². The third-order valence-electron chi connectivity index (χ3n) is 3.37. The van der Waals surface area contributed by atoms with Crippen LogP contribution in [0.25, 0.3) is 0 Å². The maximum atomic E-state index is 11.1. The summed E-state index contributed by atoms with van der Waals surface area (Å²) in [6.07, 6.45) is 1.77. The van der Waals surface area contributed by atoms with Crippen LogP contribution in [0.4, 0.5) is 5.69 Å². The molecule has 0 unspecified atom stereocenters. The van der Waals surface area contributed by atoms with E-state index in [-0.39, 0.29) is 29.9 Å². The lowest BCUT2D eigenvalue weighted by molar-refractivity contribution is -0.114. The van der Waals surface area contributed by atoms with Crippen LogP contribution in [-0.4, -0.2) is 28.2 Å². The number of halogens is 1. The van der Waals surface area contributed by atoms with E-state index in [0.717, 1.165) is 29.4 Å². The summed E-state index contributed by atoms with van der Waals surface area (Å²) in [5.41, 5.74) is 2.88. The van der Waals surface area contributed by atoms with E-state index in [1.165, 1.54) is 6.92 Å². The van der Waals surface area contributed by atoms with Crippen molar-refractivity contribution >= 4 is 41.5 Å². The number of carbonyl (C=O) groups excluding carboxylic acids is 1. The fourth-order valence-electron chi connectivity index (χ4n) is 2.21. The summed E-state index contributed by atoms with van der Waals surface area (Å²) < 4.78 is 1.83. The number of carbonyl (C=O) groups is 1. The molecular weight excluding hydrogens is 431 g/mol. The first-order valence-electron chi connectivity index (χ1n) is 7.94. The van der Waals surface area contributed by atoms with E-state index in [1.807, 2.05) is 49.0 Å². The van der Waals surface area contributed by atoms with Gasteiger partial charge in [0.25, 0.3) is 0 Å². The van der Waals surface area contributed by atoms with Crippen LogP contribution in [0.2, 0.25) is 0 Å². The van der Waals surface area contributed by atoms with Crippen LogP contribution in [0.5, 0.6) is 0 Å². The summed E-state index contributed by atoms with van der Waals surface area (Å²) >= 11 is 0. The first kappa shape index (κ1) is 20.9. The normalized spacial score (nSPS) is 10.8. The van der Waals surface area contributed by atoms with Gasteiger partial charge in [0.15, 0.2) is 5.96 Å². The highest BCUT2D eigenvalue weighted by atomic mass is 127. The number of nitrogens with zero attached hydrogens (tertiary/aromatic N) is 3. The van der Waals surface area contributed by atoms with Crippen LogP contribution >= 0.6 is 24.0 Å². The van der Waals surface area contributed by atoms with Gasteiger partial charge in [0.05, 0.1) is 18.8 Å². The molecule has 2 aromatic rings. The van der Waals surface area contributed by atoms with E-state index in [4.69, 9.17) is 0 Å². The third-order valence-corrected chi connectivity index (χ3v) is 3.37. The molecule has 8 heteroatoms. The largest absolute Gasteiger partial charge is 0.357 e. The van der Waals surface area contributed by atoms with Gasteiger partial charge in [-0.25, -0.2) is 4.99 Å². The van der Waals surface area contributed by atoms with Gasteiger partial charge < -0.3 is 16.0 Å². The number of hydrogen-bond acceptors (Lipinski definition) is 3. The molecule has 1 heterocycles. The van der Waals surface area contributed by atoms with Crippen LogP contribution in [0.15, 0.2) is 41.5 Å². The molecule has 3 N–H and O–H groups in total. The van der Waals surface area contributed by atoms with Gasteiger partial charge in [-0.1, -0.05) is 12.1 Å². The van der Waals surface area contributed by atoms with Crippen LogP contribution in [-0.2, 0) is 24.9 Å². The lowest BCUT2D eigenvalue weighted by Crippen LogP contribution is -2.37. The molecule has 0 fully saturated rings. The third kappa shape index (κ3) is 7.12. The lowest BCUT2D eigenvalue weighted by atomic mass is 10.2. The number of rotatable bonds is 6. The molecule has 136 valence electrons. The van der Waals surface area contributed by atoms with Crippen molar-refractivity contribution in [3.63, 3.8) is 0 Å². The second-order valence-corrected chi connectivity index (χ2v) is 5.38. The van der Waals surface area contributed by atoms with Crippen molar-refractivity contribution in [1.29, 1.82) is 0 Å². The van der Waals surface area contributed by atoms with Crippen molar-refractivity contribution < 1.29 is 4.79 Å². The smallest absolute Gasteiger partial charge is 0.221 e. The van der Waals surface area contributed by atoms with Gasteiger partial charge in [0.1, 0.15) is 0 Å². The Morgan fingerprint density at radius 1 is 1.28 bits per heavy atom. The molecule has 7 nitrogen and oxygen atoms in total. The minimum absolute atomic E-state index is 0. The maximum Gasteiger partial charge on any atom is 0.221 e. The molecule has 0 aliphatic heterocycles. The zero-order chi connectivity index (χ0) is 17.4. The Kier molecular flexibility index (Phi) is 8.96. The molecule has 1 aromatic heterocycles. The molecule has 0 spiro atoms. The van der Waals surface area contributed by atoms with E-state index in [2.05, 4.69) is 26.0 Å². The average molecular weight is 456 g/mol. The fourth-order valence-corrected chi connectivity index (χ4v) is 2.21. The Morgan fingerprint density at radius 2 is 2.08 bits per heavy atom. The lowest BCUT2D eigenvalue weighted by Gasteiger charge is -2.11. The molecule has 1 amide bonds. The highest BCUT2D eigenvalue weighted by Gasteiger charge is 2.02. The maximum absolute atomic E-state index is 11.1. The molecule has 1 aromatic carbocycles. The number of hydrogen-bond donors (Lipinski definition) is 3. The van der Waals surface area contributed by atoms with Gasteiger partial charge in [0.2, 0.25) is 5.91 Å². The summed E-state index contributed by atoms with van der Waals surface area (Å²) in [7, 11) is 1.91. The SMILES string of the molecule is CCNC(=NCc1cccc(NC(C)=O)c1)NCc1ccnn1C.I. The van der Waals surface area contributed by atoms with E-state index in [1.54, 1.807) is 6.20 Å². The highest BCUT2D eigenvalue weighted by Crippen LogP contribution is 2.11. The minimum atomic E-state index is -0.0816. The zero-order valence-corrected chi connectivity index (χ0v) is 17.1. The van der Waals surface area contributed by atoms with Crippen molar-refractivity contribution in [3.8, 4) is 0 Å². The molecule has 0 bridgehead atoms. The summed E-state index contributed by atoms with van der Waals surface area (Å²) in [6, 6.07) is 9.65. The van der Waals surface area contributed by atoms with E-state index in [9.17, 15) is 4.79 Å². The molecule has 0 aliphatic carbocycles. The molecule has 25 heavy (non-hydrogen) atoms. The Hall–Kier alpha value is -2.10. The minimum Gasteiger partial charge on any atom is -0.357 e. The number of anilines is 1. The zero-order valence-electron chi connectivity index (χ0n) is 14.7. The highest BCUT2D eigenvalue weighted by molar-refractivity contribution is 14.0. The molecular formula is C17H25IN6O. The van der Waals surface area contributed by atoms with Crippen molar-refractivity contribution in [2.75, 3.05) is 11.9 Å². The first-order chi connectivity index (χ1) is 11.6. The standard InChI is InChI=1S/C17H24N6O.HI/c1-4-18-17(20-12-16-8-9-21-23(16)3)19-11-14-6-5-7-15(10-14)22-13(2)24;/h5-10H,4,11-12H2,1-3H3,(H,22,24)(H2,18,19,20);1H. The van der Waals surface area contributed by atoms with E-state index < -0.39 is 0 Å². The Labute approximate surface area is 165 Å². The summed E-state index contributed by atoms with van der Waals surface area (Å²) in [6.45, 7) is 5.47. The van der Waals surface area contributed by atoms with Crippen LogP contribution in [0.3, 0.4) is 0 Å². The number of aliphatic imine (C=N–C) groups is 1. The quantitative estimate of drug-likeness (QED) is 0.354. The monoisotopic (exact) mass is 456 g/mol. The molecule has 0 atom stereocenters. The van der Waals surface area contributed by atoms with Crippen LogP contribution in [0.1, 0.15) is 25.1 Å². The number of aromatic nitrogens is 2. The number of guanidine groups is 1. The molecule has 0 aliphatic rings. The van der Waals surface area contributed by atoms with Crippen molar-refractivity contribution in [2.45, 2.75) is 26.9 Å². The number of nitrogens with one attached hydrogen (secondary N) is 3. The predicted molar refractivity (Wildman–Crippen MR) is 111 cm³/mol. The molecule has 0 saturated carbocycles. The van der Waals surface area contributed by atoms with Gasteiger partial charge in [0, 0.05) is 32.4 Å². The van der Waals surface area contributed by atoms with Crippen LogP contribution in [0, 0.1) is 0 Å². The van der Waals surface area contributed by atoms with Gasteiger partial charge >= 0.3 is 0 Å². The van der Waals surface area contributed by atoms with Crippen LogP contribution < -0.4 is 16.0 Å². The van der Waals surface area contributed by atoms with Crippen molar-refractivity contribution in [3.05, 3.63) is 47.8 Å². The van der Waals surface area contributed by atoms with Gasteiger partial charge in [-0.3, -0.25) is 9.48 Å². The molecule has 0 saturated heterocycles. The summed E-state index contributed by atoms with van der Waals surface area (Å²) in [5.74, 6) is 0.658. The second-order valence-electron chi connectivity index (χ2n) is 5.38. The van der Waals surface area contributed by atoms with Gasteiger partial charge in [-0.05, 0) is 30.7 Å². The Morgan fingerprint density at radius 3 is 2.72 bits per heavy atom. The Balaban J connectivity index is 0.00000312. The van der Waals surface area contributed by atoms with Crippen molar-refractivity contribution in [1.82, 2.24) is 20.4 Å². The molecule has 2 rings (SSSR count). The summed E-state index contributed by atoms with van der Waals surface area (Å²) in [4.78, 5) is 15.7. The van der Waals surface area contributed by atoms with Gasteiger partial charge in [-0.2, -0.15) is 5.10 Å². The van der Waals surface area contributed by atoms with Gasteiger partial charge in [-0.15, -0.1) is 24.0 Å².